The molecule has 5 rings (SSSR count). The summed E-state index contributed by atoms with van der Waals surface area (Å²) in [6.45, 7) is -0.149. The van der Waals surface area contributed by atoms with E-state index >= 15 is 0 Å². The molecule has 1 fully saturated rings. The van der Waals surface area contributed by atoms with Crippen molar-refractivity contribution < 1.29 is 38.1 Å². The molecule has 0 N–H and O–H groups in total. The van der Waals surface area contributed by atoms with Crippen molar-refractivity contribution in [3.63, 3.8) is 0 Å². The second-order valence-corrected chi connectivity index (χ2v) is 10.9. The Bertz CT molecular complexity index is 1530. The van der Waals surface area contributed by atoms with Crippen LogP contribution in [0.3, 0.4) is 0 Å². The summed E-state index contributed by atoms with van der Waals surface area (Å²) in [6.07, 6.45) is -3.30. The molecule has 1 heterocycles. The van der Waals surface area contributed by atoms with Gasteiger partial charge in [0.2, 0.25) is 0 Å². The molecule has 4 aromatic rings. The Balaban J connectivity index is 1.44. The van der Waals surface area contributed by atoms with Crippen molar-refractivity contribution in [1.82, 2.24) is 0 Å². The molecule has 0 unspecified atom stereocenters. The van der Waals surface area contributed by atoms with Crippen LogP contribution in [0.4, 0.5) is 0 Å². The molecule has 1 saturated heterocycles. The molecule has 0 spiro atoms. The maximum Gasteiger partial charge on any atom is 0.338 e. The minimum atomic E-state index is -1.20. The van der Waals surface area contributed by atoms with Crippen LogP contribution in [-0.2, 0) is 18.9 Å². The molecule has 0 amide bonds. The number of ether oxygens (including phenoxy) is 4. The molecule has 0 aromatic heterocycles. The predicted octanol–water partition coefficient (Wildman–Crippen LogP) is 5.64. The monoisotopic (exact) mass is 596 g/mol. The fourth-order valence-corrected chi connectivity index (χ4v) is 5.75. The van der Waals surface area contributed by atoms with Crippen molar-refractivity contribution in [3.05, 3.63) is 144 Å². The second-order valence-electron chi connectivity index (χ2n) is 9.62. The maximum atomic E-state index is 13.3. The standard InChI is InChI=1S/C34H28O8S/c35-31(23-13-5-1-6-14-23)39-21-28-30(42-34(38)26-19-11-4-12-20-26)29(41-33(37)25-17-9-3-10-18-25)27(22-43-28)40-32(36)24-15-7-2-8-16-24/h1-20,27-30H,21-22H2/t27-,28+,29+,30+/m0/s1. The Labute approximate surface area is 252 Å². The Hall–Kier alpha value is -4.89. The Morgan fingerprint density at radius 2 is 0.884 bits per heavy atom. The van der Waals surface area contributed by atoms with Crippen molar-refractivity contribution in [3.8, 4) is 0 Å². The molecule has 9 heteroatoms. The van der Waals surface area contributed by atoms with Crippen LogP contribution in [0.2, 0.25) is 0 Å². The third-order valence-corrected chi connectivity index (χ3v) is 8.05. The fraction of sp³-hybridized carbons (Fsp3) is 0.176. The van der Waals surface area contributed by atoms with Crippen LogP contribution >= 0.6 is 11.8 Å². The largest absolute Gasteiger partial charge is 0.461 e. The Morgan fingerprint density at radius 1 is 0.512 bits per heavy atom. The zero-order valence-corrected chi connectivity index (χ0v) is 23.8. The van der Waals surface area contributed by atoms with E-state index in [-0.39, 0.29) is 23.5 Å². The maximum absolute atomic E-state index is 13.3. The van der Waals surface area contributed by atoms with Gasteiger partial charge in [-0.25, -0.2) is 19.2 Å². The van der Waals surface area contributed by atoms with Gasteiger partial charge < -0.3 is 18.9 Å². The summed E-state index contributed by atoms with van der Waals surface area (Å²) in [7, 11) is 0. The summed E-state index contributed by atoms with van der Waals surface area (Å²) in [4.78, 5) is 52.4. The molecule has 0 bridgehead atoms. The second kappa shape index (κ2) is 14.3. The van der Waals surface area contributed by atoms with Crippen molar-refractivity contribution in [2.45, 2.75) is 23.6 Å². The van der Waals surface area contributed by atoms with Crippen LogP contribution in [0.25, 0.3) is 0 Å². The summed E-state index contributed by atoms with van der Waals surface area (Å²) in [5.74, 6) is -2.32. The highest BCUT2D eigenvalue weighted by Crippen LogP contribution is 2.34. The highest BCUT2D eigenvalue weighted by Gasteiger charge is 2.48. The van der Waals surface area contributed by atoms with Crippen molar-refractivity contribution >= 4 is 35.6 Å². The number of hydrogen-bond acceptors (Lipinski definition) is 9. The van der Waals surface area contributed by atoms with Gasteiger partial charge in [0.25, 0.3) is 0 Å². The van der Waals surface area contributed by atoms with Gasteiger partial charge in [0.15, 0.2) is 18.3 Å². The van der Waals surface area contributed by atoms with Crippen molar-refractivity contribution in [2.75, 3.05) is 12.4 Å². The summed E-state index contributed by atoms with van der Waals surface area (Å²) < 4.78 is 23.4. The topological polar surface area (TPSA) is 105 Å². The predicted molar refractivity (Wildman–Crippen MR) is 160 cm³/mol. The van der Waals surface area contributed by atoms with Crippen molar-refractivity contribution in [2.24, 2.45) is 0 Å². The van der Waals surface area contributed by atoms with Gasteiger partial charge in [-0.1, -0.05) is 72.8 Å². The van der Waals surface area contributed by atoms with Crippen LogP contribution < -0.4 is 0 Å². The molecule has 0 aliphatic carbocycles. The van der Waals surface area contributed by atoms with Crippen LogP contribution in [0, 0.1) is 0 Å². The first-order valence-electron chi connectivity index (χ1n) is 13.6. The van der Waals surface area contributed by atoms with Crippen LogP contribution in [-0.4, -0.2) is 59.8 Å². The van der Waals surface area contributed by atoms with E-state index in [1.165, 1.54) is 11.8 Å². The number of rotatable bonds is 9. The van der Waals surface area contributed by atoms with E-state index in [9.17, 15) is 19.2 Å². The molecular weight excluding hydrogens is 568 g/mol. The first-order valence-corrected chi connectivity index (χ1v) is 14.7. The molecule has 43 heavy (non-hydrogen) atoms. The van der Waals surface area contributed by atoms with E-state index in [0.717, 1.165) is 0 Å². The van der Waals surface area contributed by atoms with E-state index < -0.39 is 47.4 Å². The average molecular weight is 597 g/mol. The van der Waals surface area contributed by atoms with Crippen molar-refractivity contribution in [1.29, 1.82) is 0 Å². The number of esters is 4. The van der Waals surface area contributed by atoms with Crippen LogP contribution in [0.5, 0.6) is 0 Å². The first kappa shape index (κ1) is 29.6. The highest BCUT2D eigenvalue weighted by atomic mass is 32.2. The van der Waals surface area contributed by atoms with E-state index in [0.29, 0.717) is 11.1 Å². The molecular formula is C34H28O8S. The SMILES string of the molecule is O=C(OC[C@H]1SC[C@H](OC(=O)c2ccccc2)[C@@H](OC(=O)c2ccccc2)[C@@H]1OC(=O)c1ccccc1)c1ccccc1. The lowest BCUT2D eigenvalue weighted by Crippen LogP contribution is -2.55. The number of hydrogen-bond donors (Lipinski definition) is 0. The minimum absolute atomic E-state index is 0.149. The van der Waals surface area contributed by atoms with Gasteiger partial charge in [-0.3, -0.25) is 0 Å². The van der Waals surface area contributed by atoms with Crippen LogP contribution in [0.15, 0.2) is 121 Å². The van der Waals surface area contributed by atoms with E-state index in [1.54, 1.807) is 121 Å². The average Bonchev–Trinajstić information content (AvgIpc) is 3.07. The Morgan fingerprint density at radius 3 is 1.33 bits per heavy atom. The number of carbonyl (C=O) groups excluding carboxylic acids is 4. The number of carbonyl (C=O) groups is 4. The molecule has 8 nitrogen and oxygen atoms in total. The zero-order chi connectivity index (χ0) is 30.0. The molecule has 4 atom stereocenters. The molecule has 0 radical (unpaired) electrons. The lowest BCUT2D eigenvalue weighted by molar-refractivity contribution is -0.0884. The lowest BCUT2D eigenvalue weighted by atomic mass is 10.0. The molecule has 4 aromatic carbocycles. The van der Waals surface area contributed by atoms with Gasteiger partial charge in [0, 0.05) is 5.75 Å². The van der Waals surface area contributed by atoms with Gasteiger partial charge in [-0.2, -0.15) is 0 Å². The lowest BCUT2D eigenvalue weighted by Gasteiger charge is -2.40. The smallest absolute Gasteiger partial charge is 0.338 e. The molecule has 218 valence electrons. The fourth-order valence-electron chi connectivity index (χ4n) is 4.49. The minimum Gasteiger partial charge on any atom is -0.461 e. The van der Waals surface area contributed by atoms with Crippen LogP contribution in [0.1, 0.15) is 41.4 Å². The molecule has 1 aliphatic heterocycles. The summed E-state index contributed by atoms with van der Waals surface area (Å²) in [5, 5.41) is -0.638. The summed E-state index contributed by atoms with van der Waals surface area (Å²) in [5.41, 5.74) is 1.23. The quantitative estimate of drug-likeness (QED) is 0.179. The third-order valence-electron chi connectivity index (χ3n) is 6.69. The van der Waals surface area contributed by atoms with E-state index in [1.807, 2.05) is 0 Å². The normalized spacial score (nSPS) is 19.4. The van der Waals surface area contributed by atoms with E-state index in [4.69, 9.17) is 18.9 Å². The third kappa shape index (κ3) is 7.69. The van der Waals surface area contributed by atoms with Gasteiger partial charge in [-0.15, -0.1) is 11.8 Å². The highest BCUT2D eigenvalue weighted by molar-refractivity contribution is 8.00. The Kier molecular flexibility index (Phi) is 9.86. The van der Waals surface area contributed by atoms with Gasteiger partial charge >= 0.3 is 23.9 Å². The molecule has 1 aliphatic rings. The summed E-state index contributed by atoms with van der Waals surface area (Å²) >= 11 is 1.29. The van der Waals surface area contributed by atoms with Gasteiger partial charge in [0.1, 0.15) is 6.61 Å². The zero-order valence-electron chi connectivity index (χ0n) is 22.9. The molecule has 0 saturated carbocycles. The first-order chi connectivity index (χ1) is 21.0. The van der Waals surface area contributed by atoms with E-state index in [2.05, 4.69) is 0 Å². The van der Waals surface area contributed by atoms with Gasteiger partial charge in [-0.05, 0) is 48.5 Å². The van der Waals surface area contributed by atoms with Gasteiger partial charge in [0.05, 0.1) is 27.5 Å². The number of benzene rings is 4. The number of thioether (sulfide) groups is 1. The summed E-state index contributed by atoms with van der Waals surface area (Å²) in [6, 6.07) is 33.6.